The fourth-order valence-electron chi connectivity index (χ4n) is 2.00. The third-order valence-corrected chi connectivity index (χ3v) is 3.16. The Morgan fingerprint density at radius 1 is 1.11 bits per heavy atom. The number of benzene rings is 2. The van der Waals surface area contributed by atoms with Gasteiger partial charge in [-0.15, -0.1) is 0 Å². The van der Waals surface area contributed by atoms with Crippen LogP contribution in [0.15, 0.2) is 52.9 Å². The number of hydrogen-bond donors (Lipinski definition) is 0. The maximum Gasteiger partial charge on any atom is 0.280 e. The van der Waals surface area contributed by atoms with Crippen molar-refractivity contribution in [2.45, 2.75) is 0 Å². The number of halogens is 1. The number of para-hydroxylation sites is 2. The molecule has 0 spiro atoms. The van der Waals surface area contributed by atoms with Crippen LogP contribution in [0.3, 0.4) is 0 Å². The van der Waals surface area contributed by atoms with Crippen LogP contribution < -0.4 is 0 Å². The van der Waals surface area contributed by atoms with Crippen molar-refractivity contribution in [2.75, 3.05) is 0 Å². The Labute approximate surface area is 113 Å². The Morgan fingerprint density at radius 2 is 1.89 bits per heavy atom. The van der Waals surface area contributed by atoms with Crippen molar-refractivity contribution in [3.8, 4) is 11.3 Å². The number of rotatable bonds is 2. The Bertz CT molecular complexity index is 779. The van der Waals surface area contributed by atoms with E-state index in [9.17, 15) is 10.1 Å². The van der Waals surface area contributed by atoms with Crippen LogP contribution in [0.1, 0.15) is 0 Å². The molecular formula is C14H8ClNO3. The van der Waals surface area contributed by atoms with Crippen LogP contribution in [0.25, 0.3) is 22.3 Å². The van der Waals surface area contributed by atoms with Crippen molar-refractivity contribution < 1.29 is 9.34 Å². The second-order valence-electron chi connectivity index (χ2n) is 4.04. The quantitative estimate of drug-likeness (QED) is 0.504. The average Bonchev–Trinajstić information content (AvgIpc) is 2.84. The van der Waals surface area contributed by atoms with E-state index in [4.69, 9.17) is 16.0 Å². The summed E-state index contributed by atoms with van der Waals surface area (Å²) in [5.74, 6) is 0.440. The molecule has 0 saturated carbocycles. The summed E-state index contributed by atoms with van der Waals surface area (Å²) in [4.78, 5) is 10.6. The molecule has 0 saturated heterocycles. The molecule has 0 aliphatic heterocycles. The first kappa shape index (κ1) is 11.7. The second kappa shape index (κ2) is 4.40. The minimum Gasteiger partial charge on any atom is -0.454 e. The molecule has 2 aromatic carbocycles. The molecule has 0 fully saturated rings. The van der Waals surface area contributed by atoms with E-state index in [2.05, 4.69) is 0 Å². The van der Waals surface area contributed by atoms with Gasteiger partial charge in [-0.05, 0) is 18.2 Å². The number of hydrogen-bond acceptors (Lipinski definition) is 3. The Kier molecular flexibility index (Phi) is 2.72. The lowest BCUT2D eigenvalue weighted by Gasteiger charge is -1.98. The van der Waals surface area contributed by atoms with Crippen LogP contribution in [0.4, 0.5) is 5.69 Å². The topological polar surface area (TPSA) is 56.3 Å². The average molecular weight is 274 g/mol. The van der Waals surface area contributed by atoms with Crippen molar-refractivity contribution in [3.05, 3.63) is 63.7 Å². The highest BCUT2D eigenvalue weighted by Crippen LogP contribution is 2.35. The molecule has 1 heterocycles. The number of furan rings is 1. The highest BCUT2D eigenvalue weighted by molar-refractivity contribution is 6.34. The number of nitro benzene ring substituents is 1. The maximum atomic E-state index is 11.0. The molecule has 3 rings (SSSR count). The fourth-order valence-corrected chi connectivity index (χ4v) is 2.22. The van der Waals surface area contributed by atoms with Crippen LogP contribution in [-0.2, 0) is 0 Å². The molecule has 0 radical (unpaired) electrons. The van der Waals surface area contributed by atoms with Crippen LogP contribution in [0.2, 0.25) is 5.02 Å². The third-order valence-electron chi connectivity index (χ3n) is 2.86. The number of nitro groups is 1. The summed E-state index contributed by atoms with van der Waals surface area (Å²) in [6.45, 7) is 0. The molecule has 3 aromatic rings. The van der Waals surface area contributed by atoms with Gasteiger partial charge < -0.3 is 4.42 Å². The van der Waals surface area contributed by atoms with Crippen molar-refractivity contribution in [1.29, 1.82) is 0 Å². The number of nitrogens with zero attached hydrogens (tertiary/aromatic N) is 1. The molecule has 0 amide bonds. The van der Waals surface area contributed by atoms with E-state index in [1.54, 1.807) is 30.3 Å². The van der Waals surface area contributed by atoms with Crippen molar-refractivity contribution >= 4 is 28.3 Å². The minimum absolute atomic E-state index is 0.0117. The molecule has 4 nitrogen and oxygen atoms in total. The van der Waals surface area contributed by atoms with Gasteiger partial charge in [0.2, 0.25) is 0 Å². The van der Waals surface area contributed by atoms with Gasteiger partial charge in [-0.25, -0.2) is 0 Å². The van der Waals surface area contributed by atoms with E-state index in [1.165, 1.54) is 6.07 Å². The minimum atomic E-state index is -0.426. The Balaban J connectivity index is 2.25. The standard InChI is InChI=1S/C14H8ClNO3/c15-11-6-3-4-9-8-13(19-14(9)11)10-5-1-2-7-12(10)16(17)18/h1-8H. The Hall–Kier alpha value is -2.33. The lowest BCUT2D eigenvalue weighted by molar-refractivity contribution is -0.384. The summed E-state index contributed by atoms with van der Waals surface area (Å²) < 4.78 is 5.64. The monoisotopic (exact) mass is 273 g/mol. The van der Waals surface area contributed by atoms with Gasteiger partial charge in [-0.3, -0.25) is 10.1 Å². The maximum absolute atomic E-state index is 11.0. The SMILES string of the molecule is O=[N+]([O-])c1ccccc1-c1cc2cccc(Cl)c2o1. The molecule has 94 valence electrons. The van der Waals surface area contributed by atoms with Crippen molar-refractivity contribution in [2.24, 2.45) is 0 Å². The molecule has 19 heavy (non-hydrogen) atoms. The molecule has 0 atom stereocenters. The van der Waals surface area contributed by atoms with Gasteiger partial charge in [-0.1, -0.05) is 35.9 Å². The molecule has 0 bridgehead atoms. The summed E-state index contributed by atoms with van der Waals surface area (Å²) >= 11 is 6.03. The number of fused-ring (bicyclic) bond motifs is 1. The summed E-state index contributed by atoms with van der Waals surface area (Å²) in [6, 6.07) is 13.6. The van der Waals surface area contributed by atoms with Crippen LogP contribution in [0.5, 0.6) is 0 Å². The van der Waals surface area contributed by atoms with Crippen molar-refractivity contribution in [3.63, 3.8) is 0 Å². The van der Waals surface area contributed by atoms with Crippen LogP contribution in [0, 0.1) is 10.1 Å². The first-order valence-corrected chi connectivity index (χ1v) is 5.96. The largest absolute Gasteiger partial charge is 0.454 e. The lowest BCUT2D eigenvalue weighted by Crippen LogP contribution is -1.90. The first-order valence-electron chi connectivity index (χ1n) is 5.58. The van der Waals surface area contributed by atoms with E-state index in [-0.39, 0.29) is 5.69 Å². The van der Waals surface area contributed by atoms with Gasteiger partial charge >= 0.3 is 0 Å². The summed E-state index contributed by atoms with van der Waals surface area (Å²) in [6.07, 6.45) is 0. The predicted molar refractivity (Wildman–Crippen MR) is 73.3 cm³/mol. The summed E-state index contributed by atoms with van der Waals surface area (Å²) in [7, 11) is 0. The molecule has 0 N–H and O–H groups in total. The van der Waals surface area contributed by atoms with Gasteiger partial charge in [0.25, 0.3) is 5.69 Å². The van der Waals surface area contributed by atoms with Gasteiger partial charge in [0.1, 0.15) is 5.76 Å². The molecule has 0 unspecified atom stereocenters. The lowest BCUT2D eigenvalue weighted by atomic mass is 10.1. The van der Waals surface area contributed by atoms with Crippen LogP contribution in [-0.4, -0.2) is 4.92 Å². The fraction of sp³-hybridized carbons (Fsp3) is 0. The van der Waals surface area contributed by atoms with Gasteiger partial charge in [0.15, 0.2) is 5.58 Å². The van der Waals surface area contributed by atoms with Gasteiger partial charge in [0.05, 0.1) is 15.5 Å². The molecule has 0 aliphatic rings. The second-order valence-corrected chi connectivity index (χ2v) is 4.45. The molecule has 5 heteroatoms. The zero-order valence-corrected chi connectivity index (χ0v) is 10.4. The van der Waals surface area contributed by atoms with E-state index in [0.717, 1.165) is 5.39 Å². The van der Waals surface area contributed by atoms with Crippen molar-refractivity contribution in [1.82, 2.24) is 0 Å². The zero-order chi connectivity index (χ0) is 13.4. The molecular weight excluding hydrogens is 266 g/mol. The summed E-state index contributed by atoms with van der Waals surface area (Å²) in [5, 5.41) is 12.3. The summed E-state index contributed by atoms with van der Waals surface area (Å²) in [5.41, 5.74) is 0.995. The van der Waals surface area contributed by atoms with E-state index in [1.807, 2.05) is 12.1 Å². The Morgan fingerprint density at radius 3 is 2.63 bits per heavy atom. The smallest absolute Gasteiger partial charge is 0.280 e. The van der Waals surface area contributed by atoms with Crippen LogP contribution >= 0.6 is 11.6 Å². The highest BCUT2D eigenvalue weighted by atomic mass is 35.5. The first-order chi connectivity index (χ1) is 9.16. The van der Waals surface area contributed by atoms with E-state index < -0.39 is 4.92 Å². The third kappa shape index (κ3) is 1.96. The zero-order valence-electron chi connectivity index (χ0n) is 9.67. The molecule has 1 aromatic heterocycles. The molecule has 0 aliphatic carbocycles. The van der Waals surface area contributed by atoms with Gasteiger partial charge in [-0.2, -0.15) is 0 Å². The highest BCUT2D eigenvalue weighted by Gasteiger charge is 2.18. The normalized spacial score (nSPS) is 10.8. The van der Waals surface area contributed by atoms with Gasteiger partial charge in [0, 0.05) is 11.5 Å². The van der Waals surface area contributed by atoms with E-state index >= 15 is 0 Å². The predicted octanol–water partition coefficient (Wildman–Crippen LogP) is 4.66. The van der Waals surface area contributed by atoms with E-state index in [0.29, 0.717) is 21.9 Å².